The fourth-order valence-corrected chi connectivity index (χ4v) is 3.66. The summed E-state index contributed by atoms with van der Waals surface area (Å²) in [6, 6.07) is 4.12. The van der Waals surface area contributed by atoms with Crippen molar-refractivity contribution in [3.05, 3.63) is 33.8 Å². The Hall–Kier alpha value is -0.920. The normalized spacial score (nSPS) is 10.6. The van der Waals surface area contributed by atoms with E-state index < -0.39 is 0 Å². The van der Waals surface area contributed by atoms with Gasteiger partial charge in [0.15, 0.2) is 0 Å². The molecule has 0 saturated carbocycles. The van der Waals surface area contributed by atoms with Crippen LogP contribution in [0.2, 0.25) is 0 Å². The number of aryl methyl sites for hydroxylation is 1. The molecule has 102 valence electrons. The van der Waals surface area contributed by atoms with E-state index in [-0.39, 0.29) is 5.91 Å². The number of carbonyl (C=O) groups is 1. The highest BCUT2D eigenvalue weighted by Crippen LogP contribution is 2.13. The van der Waals surface area contributed by atoms with E-state index in [1.54, 1.807) is 23.1 Å². The van der Waals surface area contributed by atoms with Crippen LogP contribution in [0.5, 0.6) is 0 Å². The molecule has 2 aromatic heterocycles. The first-order valence-corrected chi connectivity index (χ1v) is 8.67. The minimum Gasteiger partial charge on any atom is -0.355 e. The summed E-state index contributed by atoms with van der Waals surface area (Å²) >= 11 is 4.52. The lowest BCUT2D eigenvalue weighted by atomic mass is 10.3. The molecule has 0 spiro atoms. The third-order valence-corrected chi connectivity index (χ3v) is 5.03. The fraction of sp³-hybridized carbons (Fsp3) is 0.417. The van der Waals surface area contributed by atoms with E-state index >= 15 is 0 Å². The maximum atomic E-state index is 11.6. The Kier molecular flexibility index (Phi) is 5.81. The average molecular weight is 313 g/mol. The molecule has 4 nitrogen and oxygen atoms in total. The van der Waals surface area contributed by atoms with Crippen LogP contribution in [0.15, 0.2) is 17.5 Å². The Labute approximate surface area is 125 Å². The first-order chi connectivity index (χ1) is 9.25. The van der Waals surface area contributed by atoms with Gasteiger partial charge < -0.3 is 5.32 Å². The van der Waals surface area contributed by atoms with Crippen molar-refractivity contribution in [3.8, 4) is 0 Å². The SMILES string of the molecule is Cc1nsnc1CSCC(=O)NCCc1cccs1. The standard InChI is InChI=1S/C12H15N3OS3/c1-9-11(15-19-14-9)7-17-8-12(16)13-5-4-10-3-2-6-18-10/h2-3,6H,4-5,7-8H2,1H3,(H,13,16). The van der Waals surface area contributed by atoms with Gasteiger partial charge in [-0.25, -0.2) is 0 Å². The summed E-state index contributed by atoms with van der Waals surface area (Å²) in [7, 11) is 0. The summed E-state index contributed by atoms with van der Waals surface area (Å²) in [6.07, 6.45) is 0.906. The van der Waals surface area contributed by atoms with E-state index in [1.165, 1.54) is 16.6 Å². The zero-order valence-corrected chi connectivity index (χ0v) is 13.0. The highest BCUT2D eigenvalue weighted by Gasteiger charge is 2.06. The van der Waals surface area contributed by atoms with Crippen molar-refractivity contribution in [1.29, 1.82) is 0 Å². The van der Waals surface area contributed by atoms with Crippen molar-refractivity contribution in [1.82, 2.24) is 14.1 Å². The summed E-state index contributed by atoms with van der Waals surface area (Å²) in [5, 5.41) is 4.98. The predicted octanol–water partition coefficient (Wildman–Crippen LogP) is 2.50. The quantitative estimate of drug-likeness (QED) is 0.853. The fourth-order valence-electron chi connectivity index (χ4n) is 1.45. The summed E-state index contributed by atoms with van der Waals surface area (Å²) in [5.41, 5.74) is 1.96. The largest absolute Gasteiger partial charge is 0.355 e. The molecule has 2 rings (SSSR count). The van der Waals surface area contributed by atoms with Crippen LogP contribution < -0.4 is 5.32 Å². The number of thiophene rings is 1. The summed E-state index contributed by atoms with van der Waals surface area (Å²) < 4.78 is 8.30. The summed E-state index contributed by atoms with van der Waals surface area (Å²) in [6.45, 7) is 2.65. The van der Waals surface area contributed by atoms with Crippen molar-refractivity contribution in [3.63, 3.8) is 0 Å². The van der Waals surface area contributed by atoms with Gasteiger partial charge in [0.25, 0.3) is 0 Å². The number of hydrogen-bond donors (Lipinski definition) is 1. The lowest BCUT2D eigenvalue weighted by Gasteiger charge is -2.03. The number of rotatable bonds is 7. The molecular formula is C12H15N3OS3. The zero-order chi connectivity index (χ0) is 13.5. The van der Waals surface area contributed by atoms with Crippen molar-refractivity contribution >= 4 is 40.7 Å². The van der Waals surface area contributed by atoms with E-state index in [1.807, 2.05) is 13.0 Å². The maximum absolute atomic E-state index is 11.6. The molecule has 0 bridgehead atoms. The third kappa shape index (κ3) is 4.93. The van der Waals surface area contributed by atoms with Crippen LogP contribution >= 0.6 is 34.8 Å². The molecule has 1 amide bonds. The van der Waals surface area contributed by atoms with Gasteiger partial charge in [0.05, 0.1) is 28.9 Å². The van der Waals surface area contributed by atoms with Crippen LogP contribution in [-0.4, -0.2) is 27.0 Å². The summed E-state index contributed by atoms with van der Waals surface area (Å²) in [5.74, 6) is 1.31. The Morgan fingerprint density at radius 1 is 1.47 bits per heavy atom. The minimum atomic E-state index is 0.0856. The lowest BCUT2D eigenvalue weighted by molar-refractivity contribution is -0.118. The van der Waals surface area contributed by atoms with E-state index in [4.69, 9.17) is 0 Å². The Bertz CT molecular complexity index is 510. The molecule has 0 unspecified atom stereocenters. The molecule has 1 N–H and O–H groups in total. The van der Waals surface area contributed by atoms with Crippen LogP contribution in [0.25, 0.3) is 0 Å². The third-order valence-electron chi connectivity index (χ3n) is 2.49. The van der Waals surface area contributed by atoms with Gasteiger partial charge in [0.2, 0.25) is 5.91 Å². The number of carbonyl (C=O) groups excluding carboxylic acids is 1. The second-order valence-corrected chi connectivity index (χ2v) is 6.51. The molecule has 0 atom stereocenters. The molecule has 2 heterocycles. The van der Waals surface area contributed by atoms with E-state index in [0.29, 0.717) is 12.3 Å². The average Bonchev–Trinajstić information content (AvgIpc) is 3.02. The highest BCUT2D eigenvalue weighted by molar-refractivity contribution is 7.99. The van der Waals surface area contributed by atoms with Crippen LogP contribution in [0, 0.1) is 6.92 Å². The smallest absolute Gasteiger partial charge is 0.230 e. The summed E-state index contributed by atoms with van der Waals surface area (Å²) in [4.78, 5) is 12.9. The van der Waals surface area contributed by atoms with Gasteiger partial charge in [-0.2, -0.15) is 8.75 Å². The van der Waals surface area contributed by atoms with Crippen molar-refractivity contribution in [2.45, 2.75) is 19.1 Å². The molecule has 19 heavy (non-hydrogen) atoms. The Balaban J connectivity index is 1.58. The molecule has 7 heteroatoms. The van der Waals surface area contributed by atoms with Crippen LogP contribution in [-0.2, 0) is 17.0 Å². The van der Waals surface area contributed by atoms with Gasteiger partial charge in [0.1, 0.15) is 0 Å². The topological polar surface area (TPSA) is 54.9 Å². The van der Waals surface area contributed by atoms with E-state index in [0.717, 1.165) is 23.6 Å². The second kappa shape index (κ2) is 7.62. The Morgan fingerprint density at radius 3 is 3.05 bits per heavy atom. The van der Waals surface area contributed by atoms with E-state index in [2.05, 4.69) is 25.5 Å². The molecule has 0 aromatic carbocycles. The van der Waals surface area contributed by atoms with Crippen molar-refractivity contribution in [2.75, 3.05) is 12.3 Å². The molecule has 0 aliphatic rings. The number of hydrogen-bond acceptors (Lipinski definition) is 6. The first kappa shape index (κ1) is 14.5. The monoisotopic (exact) mass is 313 g/mol. The second-order valence-electron chi connectivity index (χ2n) is 3.97. The highest BCUT2D eigenvalue weighted by atomic mass is 32.2. The number of thioether (sulfide) groups is 1. The van der Waals surface area contributed by atoms with Crippen molar-refractivity contribution in [2.24, 2.45) is 0 Å². The van der Waals surface area contributed by atoms with Gasteiger partial charge in [-0.05, 0) is 24.8 Å². The number of nitrogens with one attached hydrogen (secondary N) is 1. The number of amides is 1. The minimum absolute atomic E-state index is 0.0856. The molecule has 0 aliphatic carbocycles. The van der Waals surface area contributed by atoms with Gasteiger partial charge in [-0.15, -0.1) is 23.1 Å². The molecule has 0 fully saturated rings. The molecule has 0 aliphatic heterocycles. The molecular weight excluding hydrogens is 298 g/mol. The van der Waals surface area contributed by atoms with Crippen LogP contribution in [0.4, 0.5) is 0 Å². The predicted molar refractivity (Wildman–Crippen MR) is 81.8 cm³/mol. The maximum Gasteiger partial charge on any atom is 0.230 e. The van der Waals surface area contributed by atoms with Gasteiger partial charge >= 0.3 is 0 Å². The van der Waals surface area contributed by atoms with Gasteiger partial charge in [-0.1, -0.05) is 6.07 Å². The zero-order valence-electron chi connectivity index (χ0n) is 10.6. The van der Waals surface area contributed by atoms with Gasteiger partial charge in [-0.3, -0.25) is 4.79 Å². The molecule has 0 radical (unpaired) electrons. The van der Waals surface area contributed by atoms with Crippen LogP contribution in [0.3, 0.4) is 0 Å². The number of nitrogens with zero attached hydrogens (tertiary/aromatic N) is 2. The van der Waals surface area contributed by atoms with E-state index in [9.17, 15) is 4.79 Å². The van der Waals surface area contributed by atoms with Crippen LogP contribution in [0.1, 0.15) is 16.3 Å². The molecule has 2 aromatic rings. The lowest BCUT2D eigenvalue weighted by Crippen LogP contribution is -2.27. The molecule has 0 saturated heterocycles. The Morgan fingerprint density at radius 2 is 2.37 bits per heavy atom. The van der Waals surface area contributed by atoms with Crippen molar-refractivity contribution < 1.29 is 4.79 Å². The number of aromatic nitrogens is 2. The van der Waals surface area contributed by atoms with Gasteiger partial charge in [0, 0.05) is 17.2 Å². The first-order valence-electron chi connectivity index (χ1n) is 5.90.